The molecule has 0 aliphatic heterocycles. The van der Waals surface area contributed by atoms with E-state index >= 15 is 0 Å². The van der Waals surface area contributed by atoms with E-state index in [0.717, 1.165) is 19.3 Å². The Labute approximate surface area is 269 Å². The van der Waals surface area contributed by atoms with Gasteiger partial charge in [-0.25, -0.2) is 0 Å². The van der Waals surface area contributed by atoms with Gasteiger partial charge in [-0.05, 0) is 102 Å². The first-order valence-corrected chi connectivity index (χ1v) is 16.5. The highest BCUT2D eigenvalue weighted by Gasteiger charge is 2.10. The zero-order valence-corrected chi connectivity index (χ0v) is 28.4. The van der Waals surface area contributed by atoms with Crippen LogP contribution >= 0.6 is 0 Å². The van der Waals surface area contributed by atoms with Crippen molar-refractivity contribution in [3.63, 3.8) is 0 Å². The lowest BCUT2D eigenvalue weighted by molar-refractivity contribution is -0.0980. The average Bonchev–Trinajstić information content (AvgIpc) is 3.08. The van der Waals surface area contributed by atoms with Gasteiger partial charge in [0, 0.05) is 0 Å². The molecule has 0 saturated carbocycles. The number of hydrogen-bond acceptors (Lipinski definition) is 2. The summed E-state index contributed by atoms with van der Waals surface area (Å²) in [6, 6.07) is 32.5. The molecule has 0 amide bonds. The molecule has 2 N–H and O–H groups in total. The Morgan fingerprint density at radius 1 is 0.545 bits per heavy atom. The summed E-state index contributed by atoms with van der Waals surface area (Å²) in [5.74, 6) is 0. The fourth-order valence-corrected chi connectivity index (χ4v) is 5.47. The minimum Gasteiger partial charge on any atom is -0.333 e. The van der Waals surface area contributed by atoms with Gasteiger partial charge in [0.2, 0.25) is 0 Å². The number of allylic oxidation sites excluding steroid dienone is 1. The highest BCUT2D eigenvalue weighted by Crippen LogP contribution is 2.32. The standard InChI is InChI=1S/C37H44.C3H6.CH5N.CH2O/c1-5-9-10-13-28-14-16-31(17-15-28)32-18-20-33(21-19-32)34-24-25-37(35(27-34)12-7-3)36-23-22-30(11-6-2)29(8-4)26-36;1-3-2;2*1-2/h14-27H,5-13H2,1-4H3;3H,1H2,2H3;2H2,1H3;1H2. The van der Waals surface area contributed by atoms with Crippen LogP contribution in [0.2, 0.25) is 0 Å². The van der Waals surface area contributed by atoms with E-state index in [4.69, 9.17) is 4.79 Å². The molecule has 2 nitrogen and oxygen atoms in total. The molecule has 236 valence electrons. The van der Waals surface area contributed by atoms with E-state index in [2.05, 4.69) is 125 Å². The van der Waals surface area contributed by atoms with E-state index in [-0.39, 0.29) is 0 Å². The molecule has 0 aromatic heterocycles. The van der Waals surface area contributed by atoms with Crippen LogP contribution < -0.4 is 5.73 Å². The van der Waals surface area contributed by atoms with Crippen LogP contribution in [0.5, 0.6) is 0 Å². The van der Waals surface area contributed by atoms with Gasteiger partial charge in [-0.2, -0.15) is 0 Å². The monoisotopic (exact) mass is 591 g/mol. The Bertz CT molecular complexity index is 1340. The predicted octanol–water partition coefficient (Wildman–Crippen LogP) is 11.5. The van der Waals surface area contributed by atoms with E-state index in [1.165, 1.54) is 101 Å². The second-order valence-electron chi connectivity index (χ2n) is 10.8. The lowest BCUT2D eigenvalue weighted by Crippen LogP contribution is -1.96. The zero-order valence-electron chi connectivity index (χ0n) is 28.4. The summed E-state index contributed by atoms with van der Waals surface area (Å²) in [7, 11) is 1.50. The van der Waals surface area contributed by atoms with E-state index in [9.17, 15) is 0 Å². The van der Waals surface area contributed by atoms with Crippen molar-refractivity contribution in [3.8, 4) is 33.4 Å². The van der Waals surface area contributed by atoms with E-state index in [1.54, 1.807) is 6.08 Å². The van der Waals surface area contributed by atoms with Gasteiger partial charge >= 0.3 is 0 Å². The minimum absolute atomic E-state index is 1.10. The Morgan fingerprint density at radius 2 is 1.00 bits per heavy atom. The molecule has 0 heterocycles. The molecule has 4 aromatic rings. The van der Waals surface area contributed by atoms with Crippen LogP contribution in [0, 0.1) is 0 Å². The van der Waals surface area contributed by atoms with Crippen molar-refractivity contribution in [2.24, 2.45) is 5.73 Å². The molecule has 4 aromatic carbocycles. The normalized spacial score (nSPS) is 9.89. The van der Waals surface area contributed by atoms with Gasteiger partial charge in [0.1, 0.15) is 6.79 Å². The number of aryl methyl sites for hydroxylation is 4. The third-order valence-electron chi connectivity index (χ3n) is 7.62. The van der Waals surface area contributed by atoms with Crippen molar-refractivity contribution in [1.29, 1.82) is 0 Å². The van der Waals surface area contributed by atoms with E-state index < -0.39 is 0 Å². The van der Waals surface area contributed by atoms with Crippen LogP contribution in [0.15, 0.2) is 97.6 Å². The number of nitrogens with two attached hydrogens (primary N) is 1. The number of benzene rings is 4. The highest BCUT2D eigenvalue weighted by atomic mass is 16.1. The van der Waals surface area contributed by atoms with E-state index in [0.29, 0.717) is 0 Å². The lowest BCUT2D eigenvalue weighted by Gasteiger charge is -2.15. The minimum atomic E-state index is 1.10. The van der Waals surface area contributed by atoms with Crippen LogP contribution in [0.1, 0.15) is 89.0 Å². The molecule has 0 atom stereocenters. The van der Waals surface area contributed by atoms with Crippen LogP contribution in [-0.4, -0.2) is 13.8 Å². The van der Waals surface area contributed by atoms with Crippen molar-refractivity contribution in [1.82, 2.24) is 0 Å². The maximum Gasteiger partial charge on any atom is 0.106 e. The molecule has 0 fully saturated rings. The second-order valence-corrected chi connectivity index (χ2v) is 10.8. The number of unbranched alkanes of at least 4 members (excludes halogenated alkanes) is 2. The molecule has 0 radical (unpaired) electrons. The van der Waals surface area contributed by atoms with Crippen molar-refractivity contribution < 1.29 is 4.79 Å². The van der Waals surface area contributed by atoms with Gasteiger partial charge in [-0.1, -0.05) is 144 Å². The first kappa shape index (κ1) is 38.3. The molecule has 2 heteroatoms. The predicted molar refractivity (Wildman–Crippen MR) is 196 cm³/mol. The van der Waals surface area contributed by atoms with Gasteiger partial charge in [0.05, 0.1) is 0 Å². The maximum absolute atomic E-state index is 8.00. The van der Waals surface area contributed by atoms with Crippen molar-refractivity contribution in [2.75, 3.05) is 7.05 Å². The van der Waals surface area contributed by atoms with Gasteiger partial charge in [0.15, 0.2) is 0 Å². The summed E-state index contributed by atoms with van der Waals surface area (Å²) in [5, 5.41) is 0. The van der Waals surface area contributed by atoms with Gasteiger partial charge in [0.25, 0.3) is 0 Å². The van der Waals surface area contributed by atoms with Gasteiger partial charge < -0.3 is 10.5 Å². The van der Waals surface area contributed by atoms with Crippen LogP contribution in [0.4, 0.5) is 0 Å². The molecule has 0 aliphatic rings. The number of rotatable bonds is 12. The lowest BCUT2D eigenvalue weighted by atomic mass is 9.90. The second kappa shape index (κ2) is 22.7. The summed E-state index contributed by atoms with van der Waals surface area (Å²) < 4.78 is 0. The molecule has 4 rings (SSSR count). The van der Waals surface area contributed by atoms with Crippen molar-refractivity contribution in [3.05, 3.63) is 120 Å². The zero-order chi connectivity index (χ0) is 32.7. The fourth-order valence-electron chi connectivity index (χ4n) is 5.47. The number of hydrogen-bond donors (Lipinski definition) is 1. The summed E-state index contributed by atoms with van der Waals surface area (Å²) in [6.45, 7) is 16.3. The first-order valence-electron chi connectivity index (χ1n) is 16.5. The van der Waals surface area contributed by atoms with Gasteiger partial charge in [-0.3, -0.25) is 0 Å². The molecule has 0 spiro atoms. The third-order valence-corrected chi connectivity index (χ3v) is 7.62. The summed E-state index contributed by atoms with van der Waals surface area (Å²) in [6.07, 6.45) is 12.5. The Balaban J connectivity index is 0.00000128. The molecule has 0 saturated heterocycles. The van der Waals surface area contributed by atoms with Crippen LogP contribution in [-0.2, 0) is 30.5 Å². The fraction of sp³-hybridized carbons (Fsp3) is 0.357. The molecule has 0 unspecified atom stereocenters. The number of carbonyl (C=O) groups excluding carboxylic acids is 1. The average molecular weight is 592 g/mol. The van der Waals surface area contributed by atoms with Crippen LogP contribution in [0.3, 0.4) is 0 Å². The third kappa shape index (κ3) is 11.7. The van der Waals surface area contributed by atoms with Gasteiger partial charge in [-0.15, -0.1) is 6.58 Å². The number of carbonyl (C=O) groups is 1. The largest absolute Gasteiger partial charge is 0.333 e. The smallest absolute Gasteiger partial charge is 0.106 e. The maximum atomic E-state index is 8.00. The Kier molecular flexibility index (Phi) is 19.8. The Hall–Kier alpha value is -3.75. The summed E-state index contributed by atoms with van der Waals surface area (Å²) >= 11 is 0. The molecule has 0 aliphatic carbocycles. The van der Waals surface area contributed by atoms with E-state index in [1.807, 2.05) is 13.7 Å². The van der Waals surface area contributed by atoms with Crippen molar-refractivity contribution >= 4 is 6.79 Å². The topological polar surface area (TPSA) is 43.1 Å². The molecular weight excluding hydrogens is 534 g/mol. The Morgan fingerprint density at radius 3 is 1.52 bits per heavy atom. The summed E-state index contributed by atoms with van der Waals surface area (Å²) in [5.41, 5.74) is 18.3. The van der Waals surface area contributed by atoms with Crippen LogP contribution in [0.25, 0.3) is 33.4 Å². The summed E-state index contributed by atoms with van der Waals surface area (Å²) in [4.78, 5) is 8.00. The quantitative estimate of drug-likeness (QED) is 0.131. The first-order chi connectivity index (χ1) is 21.6. The molecule has 0 bridgehead atoms. The SMILES string of the molecule is C=CC.C=O.CCCCCc1ccc(-c2ccc(-c3ccc(-c4ccc(CCC)c(CC)c4)c(CCC)c3)cc2)cc1.CN. The van der Waals surface area contributed by atoms with Crippen molar-refractivity contribution in [2.45, 2.75) is 92.4 Å². The molecule has 44 heavy (non-hydrogen) atoms. The highest BCUT2D eigenvalue weighted by molar-refractivity contribution is 5.76. The molecular formula is C42H57NO.